The maximum atomic E-state index is 12.8. The highest BCUT2D eigenvalue weighted by Gasteiger charge is 2.32. The number of fused-ring (bicyclic) bond motifs is 1. The first-order valence-electron chi connectivity index (χ1n) is 7.82. The molecule has 1 aliphatic carbocycles. The number of rotatable bonds is 3. The molecule has 0 amide bonds. The second-order valence-electron chi connectivity index (χ2n) is 6.17. The molecule has 0 spiro atoms. The van der Waals surface area contributed by atoms with Crippen molar-refractivity contribution < 1.29 is 14.3 Å². The topological polar surface area (TPSA) is 43.4 Å². The number of ether oxygens (including phenoxy) is 1. The van der Waals surface area contributed by atoms with E-state index in [1.807, 2.05) is 44.2 Å². The number of aryl methyl sites for hydroxylation is 2. The summed E-state index contributed by atoms with van der Waals surface area (Å²) in [6, 6.07) is 11.6. The molecular weight excluding hydrogens is 288 g/mol. The summed E-state index contributed by atoms with van der Waals surface area (Å²) < 4.78 is 4.88. The van der Waals surface area contributed by atoms with Crippen LogP contribution in [0.5, 0.6) is 0 Å². The van der Waals surface area contributed by atoms with Crippen molar-refractivity contribution in [3.63, 3.8) is 0 Å². The molecule has 23 heavy (non-hydrogen) atoms. The molecule has 0 heterocycles. The van der Waals surface area contributed by atoms with Crippen LogP contribution in [0.1, 0.15) is 43.0 Å². The number of methoxy groups -OCH3 is 1. The second kappa shape index (κ2) is 5.99. The smallest absolute Gasteiger partial charge is 0.338 e. The number of hydrogen-bond acceptors (Lipinski definition) is 3. The summed E-state index contributed by atoms with van der Waals surface area (Å²) in [7, 11) is 1.38. The molecule has 3 rings (SSSR count). The van der Waals surface area contributed by atoms with Gasteiger partial charge in [-0.05, 0) is 55.0 Å². The molecular formula is C20H20O3. The van der Waals surface area contributed by atoms with Crippen LogP contribution >= 0.6 is 0 Å². The van der Waals surface area contributed by atoms with Gasteiger partial charge in [0, 0.05) is 11.5 Å². The third kappa shape index (κ3) is 2.67. The Bertz CT molecular complexity index is 789. The van der Waals surface area contributed by atoms with Crippen LogP contribution in [0.25, 0.3) is 0 Å². The summed E-state index contributed by atoms with van der Waals surface area (Å²) in [5.74, 6) is -0.254. The van der Waals surface area contributed by atoms with Crippen molar-refractivity contribution in [1.82, 2.24) is 0 Å². The van der Waals surface area contributed by atoms with Crippen molar-refractivity contribution >= 4 is 11.8 Å². The van der Waals surface area contributed by atoms with Crippen molar-refractivity contribution in [3.8, 4) is 0 Å². The van der Waals surface area contributed by atoms with Crippen LogP contribution < -0.4 is 0 Å². The predicted octanol–water partition coefficient (Wildman–Crippen LogP) is 3.69. The third-order valence-electron chi connectivity index (χ3n) is 4.71. The summed E-state index contributed by atoms with van der Waals surface area (Å²) in [5, 5.41) is 0. The molecule has 1 unspecified atom stereocenters. The van der Waals surface area contributed by atoms with Gasteiger partial charge in [-0.25, -0.2) is 4.79 Å². The highest BCUT2D eigenvalue weighted by molar-refractivity contribution is 6.03. The first-order valence-corrected chi connectivity index (χ1v) is 7.82. The van der Waals surface area contributed by atoms with Crippen molar-refractivity contribution in [3.05, 3.63) is 69.8 Å². The van der Waals surface area contributed by atoms with Crippen LogP contribution in [0, 0.1) is 19.8 Å². The zero-order valence-corrected chi connectivity index (χ0v) is 13.7. The molecule has 2 aromatic rings. The molecule has 0 saturated carbocycles. The maximum Gasteiger partial charge on any atom is 0.338 e. The first kappa shape index (κ1) is 15.5. The van der Waals surface area contributed by atoms with Crippen LogP contribution in [0.2, 0.25) is 0 Å². The average Bonchev–Trinajstić information content (AvgIpc) is 2.86. The zero-order valence-electron chi connectivity index (χ0n) is 13.7. The van der Waals surface area contributed by atoms with Gasteiger partial charge in [-0.1, -0.05) is 30.3 Å². The number of benzene rings is 2. The number of esters is 1. The Morgan fingerprint density at radius 3 is 2.52 bits per heavy atom. The van der Waals surface area contributed by atoms with Gasteiger partial charge in [-0.3, -0.25) is 4.79 Å². The Morgan fingerprint density at radius 1 is 1.13 bits per heavy atom. The van der Waals surface area contributed by atoms with Crippen LogP contribution in [0.15, 0.2) is 36.4 Å². The van der Waals surface area contributed by atoms with Crippen molar-refractivity contribution in [2.75, 3.05) is 7.11 Å². The Labute approximate surface area is 136 Å². The fourth-order valence-electron chi connectivity index (χ4n) is 3.50. The molecule has 0 N–H and O–H groups in total. The highest BCUT2D eigenvalue weighted by atomic mass is 16.5. The van der Waals surface area contributed by atoms with Gasteiger partial charge in [0.25, 0.3) is 0 Å². The molecule has 1 aliphatic rings. The van der Waals surface area contributed by atoms with Gasteiger partial charge >= 0.3 is 5.97 Å². The lowest BCUT2D eigenvalue weighted by molar-refractivity contribution is 0.0598. The molecule has 0 aliphatic heterocycles. The molecule has 0 fully saturated rings. The molecule has 3 nitrogen and oxygen atoms in total. The molecule has 0 aromatic heterocycles. The van der Waals surface area contributed by atoms with E-state index in [0.717, 1.165) is 34.2 Å². The summed E-state index contributed by atoms with van der Waals surface area (Å²) in [6.45, 7) is 3.95. The Kier molecular flexibility index (Phi) is 4.03. The van der Waals surface area contributed by atoms with E-state index < -0.39 is 0 Å². The van der Waals surface area contributed by atoms with E-state index in [1.54, 1.807) is 6.07 Å². The second-order valence-corrected chi connectivity index (χ2v) is 6.17. The zero-order chi connectivity index (χ0) is 16.6. The largest absolute Gasteiger partial charge is 0.465 e. The molecule has 3 heteroatoms. The van der Waals surface area contributed by atoms with E-state index in [0.29, 0.717) is 12.0 Å². The minimum Gasteiger partial charge on any atom is -0.465 e. The third-order valence-corrected chi connectivity index (χ3v) is 4.71. The highest BCUT2D eigenvalue weighted by Crippen LogP contribution is 2.32. The molecule has 2 aromatic carbocycles. The van der Waals surface area contributed by atoms with Gasteiger partial charge in [-0.2, -0.15) is 0 Å². The van der Waals surface area contributed by atoms with E-state index in [9.17, 15) is 9.59 Å². The number of hydrogen-bond donors (Lipinski definition) is 0. The lowest BCUT2D eigenvalue weighted by atomic mass is 9.90. The maximum absolute atomic E-state index is 12.8. The summed E-state index contributed by atoms with van der Waals surface area (Å²) in [6.07, 6.45) is 1.31. The summed E-state index contributed by atoms with van der Waals surface area (Å²) >= 11 is 0. The minimum atomic E-state index is -0.345. The molecule has 118 valence electrons. The van der Waals surface area contributed by atoms with E-state index in [2.05, 4.69) is 0 Å². The fraction of sp³-hybridized carbons (Fsp3) is 0.300. The number of ketones is 1. The first-order chi connectivity index (χ1) is 11.0. The molecule has 0 saturated heterocycles. The Morgan fingerprint density at radius 2 is 1.83 bits per heavy atom. The van der Waals surface area contributed by atoms with Crippen LogP contribution in [0.4, 0.5) is 0 Å². The monoisotopic (exact) mass is 308 g/mol. The van der Waals surface area contributed by atoms with E-state index in [-0.39, 0.29) is 17.7 Å². The predicted molar refractivity (Wildman–Crippen MR) is 88.9 cm³/mol. The summed E-state index contributed by atoms with van der Waals surface area (Å²) in [4.78, 5) is 24.8. The minimum absolute atomic E-state index is 0.101. The van der Waals surface area contributed by atoms with Crippen LogP contribution in [-0.2, 0) is 17.6 Å². The SMILES string of the molecule is COC(=O)c1cccc(C)c1CC1Cc2cccc(C)c2C1=O. The van der Waals surface area contributed by atoms with Gasteiger partial charge < -0.3 is 4.74 Å². The standard InChI is InChI=1S/C20H20O3/c1-12-6-5-9-16(20(22)23-3)17(12)11-15-10-14-8-4-7-13(2)18(14)19(15)21/h4-9,15H,10-11H2,1-3H3. The van der Waals surface area contributed by atoms with E-state index in [4.69, 9.17) is 4.74 Å². The molecule has 0 bridgehead atoms. The van der Waals surface area contributed by atoms with Crippen LogP contribution in [0.3, 0.4) is 0 Å². The van der Waals surface area contributed by atoms with Gasteiger partial charge in [0.15, 0.2) is 5.78 Å². The summed E-state index contributed by atoms with van der Waals surface area (Å²) in [5.41, 5.74) is 5.52. The van der Waals surface area contributed by atoms with Gasteiger partial charge in [0.2, 0.25) is 0 Å². The van der Waals surface area contributed by atoms with E-state index in [1.165, 1.54) is 7.11 Å². The fourth-order valence-corrected chi connectivity index (χ4v) is 3.50. The lowest BCUT2D eigenvalue weighted by Gasteiger charge is -2.14. The van der Waals surface area contributed by atoms with Crippen LogP contribution in [-0.4, -0.2) is 18.9 Å². The Balaban J connectivity index is 1.95. The van der Waals surface area contributed by atoms with E-state index >= 15 is 0 Å². The Hall–Kier alpha value is -2.42. The number of carbonyl (C=O) groups is 2. The quantitative estimate of drug-likeness (QED) is 0.812. The normalized spacial score (nSPS) is 16.3. The lowest BCUT2D eigenvalue weighted by Crippen LogP contribution is -2.16. The van der Waals surface area contributed by atoms with Crippen molar-refractivity contribution in [2.24, 2.45) is 5.92 Å². The van der Waals surface area contributed by atoms with Gasteiger partial charge in [-0.15, -0.1) is 0 Å². The number of carbonyl (C=O) groups excluding carboxylic acids is 2. The van der Waals surface area contributed by atoms with Crippen molar-refractivity contribution in [1.29, 1.82) is 0 Å². The average molecular weight is 308 g/mol. The van der Waals surface area contributed by atoms with Gasteiger partial charge in [0.05, 0.1) is 12.7 Å². The number of Topliss-reactive ketones (excluding diaryl/α,β-unsaturated/α-hetero) is 1. The van der Waals surface area contributed by atoms with Gasteiger partial charge in [0.1, 0.15) is 0 Å². The molecule has 1 atom stereocenters. The van der Waals surface area contributed by atoms with Crippen molar-refractivity contribution in [2.45, 2.75) is 26.7 Å². The molecule has 0 radical (unpaired) electrons.